The first-order valence-electron chi connectivity index (χ1n) is 11.5. The van der Waals surface area contributed by atoms with Crippen LogP contribution < -0.4 is 0 Å². The Kier molecular flexibility index (Phi) is 6.07. The molecule has 3 aromatic carbocycles. The summed E-state index contributed by atoms with van der Waals surface area (Å²) < 4.78 is 11.3. The van der Waals surface area contributed by atoms with Gasteiger partial charge in [-0.15, -0.1) is 0 Å². The molecule has 34 heavy (non-hydrogen) atoms. The van der Waals surface area contributed by atoms with Crippen LogP contribution in [-0.2, 0) is 20.9 Å². The molecule has 1 saturated heterocycles. The summed E-state index contributed by atoms with van der Waals surface area (Å²) in [5.41, 5.74) is 4.70. The number of carbonyl (C=O) groups is 2. The first-order valence-corrected chi connectivity index (χ1v) is 11.5. The van der Waals surface area contributed by atoms with E-state index in [-0.39, 0.29) is 25.6 Å². The molecule has 2 aliphatic rings. The van der Waals surface area contributed by atoms with E-state index in [0.717, 1.165) is 16.7 Å². The zero-order chi connectivity index (χ0) is 23.5. The third-order valence-electron chi connectivity index (χ3n) is 6.87. The second-order valence-electron chi connectivity index (χ2n) is 9.03. The Labute approximate surface area is 198 Å². The molecule has 1 amide bonds. The molecule has 0 atom stereocenters. The molecule has 0 aromatic heterocycles. The highest BCUT2D eigenvalue weighted by molar-refractivity contribution is 5.81. The Morgan fingerprint density at radius 1 is 0.882 bits per heavy atom. The number of ether oxygens (including phenoxy) is 2. The molecule has 0 unspecified atom stereocenters. The molecule has 1 N–H and O–H groups in total. The summed E-state index contributed by atoms with van der Waals surface area (Å²) >= 11 is 0. The monoisotopic (exact) mass is 457 g/mol. The third-order valence-corrected chi connectivity index (χ3v) is 6.87. The number of hydrogen-bond donors (Lipinski definition) is 1. The summed E-state index contributed by atoms with van der Waals surface area (Å²) in [6.07, 6.45) is -0.119. The lowest BCUT2D eigenvalue weighted by Gasteiger charge is -2.46. The van der Waals surface area contributed by atoms with Crippen LogP contribution in [0, 0.1) is 5.41 Å². The van der Waals surface area contributed by atoms with Crippen LogP contribution in [0.25, 0.3) is 11.1 Å². The summed E-state index contributed by atoms with van der Waals surface area (Å²) in [4.78, 5) is 26.1. The first-order chi connectivity index (χ1) is 16.6. The van der Waals surface area contributed by atoms with Crippen molar-refractivity contribution < 1.29 is 24.2 Å². The van der Waals surface area contributed by atoms with Gasteiger partial charge in [0.1, 0.15) is 12.0 Å². The maximum Gasteiger partial charge on any atom is 0.409 e. The third kappa shape index (κ3) is 4.17. The minimum Gasteiger partial charge on any atom is -0.481 e. The minimum atomic E-state index is -0.984. The maximum absolute atomic E-state index is 12.7. The molecule has 0 bridgehead atoms. The maximum atomic E-state index is 12.7. The molecule has 0 saturated carbocycles. The summed E-state index contributed by atoms with van der Waals surface area (Å²) in [6.45, 7) is 1.25. The Bertz CT molecular complexity index is 1140. The number of rotatable bonds is 8. The molecule has 3 aromatic rings. The largest absolute Gasteiger partial charge is 0.481 e. The van der Waals surface area contributed by atoms with Crippen molar-refractivity contribution in [1.29, 1.82) is 0 Å². The molecule has 1 aliphatic carbocycles. The summed E-state index contributed by atoms with van der Waals surface area (Å²) in [5, 5.41) is 9.79. The lowest BCUT2D eigenvalue weighted by molar-refractivity contribution is -0.161. The number of carboxylic acids is 1. The first kappa shape index (κ1) is 22.2. The highest BCUT2D eigenvalue weighted by Gasteiger charge is 2.51. The van der Waals surface area contributed by atoms with Crippen molar-refractivity contribution in [3.05, 3.63) is 95.6 Å². The van der Waals surface area contributed by atoms with Crippen molar-refractivity contribution >= 4 is 12.1 Å². The zero-order valence-corrected chi connectivity index (χ0v) is 18.9. The van der Waals surface area contributed by atoms with E-state index in [1.54, 1.807) is 0 Å². The molecule has 0 spiro atoms. The van der Waals surface area contributed by atoms with Gasteiger partial charge in [0.05, 0.1) is 6.61 Å². The SMILES string of the molecule is O=C(OCC1c2ccccc2-c2ccccc21)N1CC(CCOCc2ccccc2)(C(=O)O)C1. The van der Waals surface area contributed by atoms with Gasteiger partial charge in [0, 0.05) is 25.6 Å². The molecule has 5 rings (SSSR count). The van der Waals surface area contributed by atoms with Gasteiger partial charge in [-0.2, -0.15) is 0 Å². The van der Waals surface area contributed by atoms with Crippen molar-refractivity contribution in [2.75, 3.05) is 26.3 Å². The van der Waals surface area contributed by atoms with Crippen LogP contribution >= 0.6 is 0 Å². The van der Waals surface area contributed by atoms with Crippen molar-refractivity contribution in [1.82, 2.24) is 4.90 Å². The molecular formula is C28H27NO5. The number of carbonyl (C=O) groups excluding carboxylic acids is 1. The van der Waals surface area contributed by atoms with Gasteiger partial charge in [0.15, 0.2) is 0 Å². The van der Waals surface area contributed by atoms with E-state index in [4.69, 9.17) is 9.47 Å². The standard InChI is InChI=1S/C28H27NO5/c30-26(31)28(14-15-33-16-20-8-2-1-3-9-20)18-29(19-28)27(32)34-17-25-23-12-6-4-10-21(23)22-11-5-7-13-24(22)25/h1-13,25H,14-19H2,(H,30,31). The number of fused-ring (bicyclic) bond motifs is 3. The van der Waals surface area contributed by atoms with E-state index in [1.165, 1.54) is 16.0 Å². The summed E-state index contributed by atoms with van der Waals surface area (Å²) in [7, 11) is 0. The van der Waals surface area contributed by atoms with E-state index in [1.807, 2.05) is 54.6 Å². The van der Waals surface area contributed by atoms with Crippen LogP contribution in [0.1, 0.15) is 29.0 Å². The average Bonchev–Trinajstić information content (AvgIpc) is 3.15. The highest BCUT2D eigenvalue weighted by atomic mass is 16.6. The van der Waals surface area contributed by atoms with Crippen molar-refractivity contribution in [3.8, 4) is 11.1 Å². The van der Waals surface area contributed by atoms with Gasteiger partial charge >= 0.3 is 12.1 Å². The van der Waals surface area contributed by atoms with Crippen molar-refractivity contribution in [2.24, 2.45) is 5.41 Å². The number of carboxylic acid groups (broad SMARTS) is 1. The zero-order valence-electron chi connectivity index (χ0n) is 18.9. The van der Waals surface area contributed by atoms with Gasteiger partial charge in [0.2, 0.25) is 0 Å². The molecule has 6 nitrogen and oxygen atoms in total. The molecule has 1 heterocycles. The van der Waals surface area contributed by atoms with Crippen LogP contribution in [0.2, 0.25) is 0 Å². The van der Waals surface area contributed by atoms with Gasteiger partial charge in [-0.05, 0) is 34.2 Å². The summed E-state index contributed by atoms with van der Waals surface area (Å²) in [5.74, 6) is -0.924. The van der Waals surface area contributed by atoms with Gasteiger partial charge in [-0.1, -0.05) is 78.9 Å². The second-order valence-corrected chi connectivity index (χ2v) is 9.03. The van der Waals surface area contributed by atoms with Gasteiger partial charge in [-0.3, -0.25) is 4.79 Å². The molecule has 1 fully saturated rings. The lowest BCUT2D eigenvalue weighted by Crippen LogP contribution is -2.62. The van der Waals surface area contributed by atoms with E-state index in [0.29, 0.717) is 19.6 Å². The predicted octanol–water partition coefficient (Wildman–Crippen LogP) is 4.93. The second kappa shape index (κ2) is 9.31. The fraction of sp³-hybridized carbons (Fsp3) is 0.286. The van der Waals surface area contributed by atoms with Crippen LogP contribution in [0.3, 0.4) is 0 Å². The van der Waals surface area contributed by atoms with E-state index in [2.05, 4.69) is 24.3 Å². The van der Waals surface area contributed by atoms with Crippen molar-refractivity contribution in [3.63, 3.8) is 0 Å². The molecule has 6 heteroatoms. The topological polar surface area (TPSA) is 76.1 Å². The molecular weight excluding hydrogens is 430 g/mol. The lowest BCUT2D eigenvalue weighted by atomic mass is 9.77. The fourth-order valence-corrected chi connectivity index (χ4v) is 4.93. The van der Waals surface area contributed by atoms with Crippen LogP contribution in [-0.4, -0.2) is 48.4 Å². The molecule has 1 aliphatic heterocycles. The fourth-order valence-electron chi connectivity index (χ4n) is 4.93. The molecule has 174 valence electrons. The normalized spacial score (nSPS) is 15.8. The smallest absolute Gasteiger partial charge is 0.409 e. The van der Waals surface area contributed by atoms with Crippen molar-refractivity contribution in [2.45, 2.75) is 18.9 Å². The van der Waals surface area contributed by atoms with E-state index < -0.39 is 17.5 Å². The Morgan fingerprint density at radius 3 is 2.09 bits per heavy atom. The number of nitrogens with zero attached hydrogens (tertiary/aromatic N) is 1. The quantitative estimate of drug-likeness (QED) is 0.486. The number of amides is 1. The number of hydrogen-bond acceptors (Lipinski definition) is 4. The van der Waals surface area contributed by atoms with Crippen LogP contribution in [0.5, 0.6) is 0 Å². The molecule has 0 radical (unpaired) electrons. The Morgan fingerprint density at radius 2 is 1.47 bits per heavy atom. The minimum absolute atomic E-state index is 0.0201. The van der Waals surface area contributed by atoms with E-state index in [9.17, 15) is 14.7 Å². The Hall–Kier alpha value is -3.64. The Balaban J connectivity index is 1.15. The van der Waals surface area contributed by atoms with Crippen LogP contribution in [0.15, 0.2) is 78.9 Å². The predicted molar refractivity (Wildman–Crippen MR) is 127 cm³/mol. The van der Waals surface area contributed by atoms with Gasteiger partial charge in [-0.25, -0.2) is 4.79 Å². The van der Waals surface area contributed by atoms with Gasteiger partial charge < -0.3 is 19.5 Å². The summed E-state index contributed by atoms with van der Waals surface area (Å²) in [6, 6.07) is 26.1. The van der Waals surface area contributed by atoms with E-state index >= 15 is 0 Å². The number of likely N-dealkylation sites (tertiary alicyclic amines) is 1. The van der Waals surface area contributed by atoms with Crippen LogP contribution in [0.4, 0.5) is 4.79 Å². The van der Waals surface area contributed by atoms with Gasteiger partial charge in [0.25, 0.3) is 0 Å². The number of benzene rings is 3. The number of aliphatic carboxylic acids is 1. The average molecular weight is 458 g/mol. The highest BCUT2D eigenvalue weighted by Crippen LogP contribution is 2.44.